The summed E-state index contributed by atoms with van der Waals surface area (Å²) < 4.78 is 39.4. The van der Waals surface area contributed by atoms with Crippen LogP contribution in [0, 0.1) is 17.5 Å². The first-order valence-electron chi connectivity index (χ1n) is 6.59. The third-order valence-corrected chi connectivity index (χ3v) is 4.08. The van der Waals surface area contributed by atoms with Crippen molar-refractivity contribution in [1.29, 1.82) is 0 Å². The van der Waals surface area contributed by atoms with E-state index in [9.17, 15) is 18.0 Å². The molecule has 1 N–H and O–H groups in total. The van der Waals surface area contributed by atoms with E-state index >= 15 is 0 Å². The highest BCUT2D eigenvalue weighted by Crippen LogP contribution is 2.26. The second kappa shape index (κ2) is 7.35. The minimum absolute atomic E-state index is 0.0874. The van der Waals surface area contributed by atoms with Crippen LogP contribution in [0.5, 0.6) is 0 Å². The maximum Gasteiger partial charge on any atom is 0.233 e. The van der Waals surface area contributed by atoms with Crippen LogP contribution in [0.3, 0.4) is 0 Å². The quantitative estimate of drug-likeness (QED) is 0.845. The molecule has 116 valence electrons. The van der Waals surface area contributed by atoms with Crippen LogP contribution in [-0.2, 0) is 11.3 Å². The van der Waals surface area contributed by atoms with Gasteiger partial charge in [0, 0.05) is 11.4 Å². The van der Waals surface area contributed by atoms with E-state index in [0.29, 0.717) is 0 Å². The molecule has 2 aromatic carbocycles. The summed E-state index contributed by atoms with van der Waals surface area (Å²) >= 11 is 0.943. The number of carbonyl (C=O) groups is 1. The molecule has 0 saturated carbocycles. The third-order valence-electron chi connectivity index (χ3n) is 2.95. The number of rotatable bonds is 5. The van der Waals surface area contributed by atoms with E-state index in [0.717, 1.165) is 35.5 Å². The Morgan fingerprint density at radius 3 is 2.41 bits per heavy atom. The summed E-state index contributed by atoms with van der Waals surface area (Å²) in [6, 6.07) is 8.87. The van der Waals surface area contributed by atoms with Crippen molar-refractivity contribution >= 4 is 17.7 Å². The van der Waals surface area contributed by atoms with E-state index in [2.05, 4.69) is 5.32 Å². The number of halogens is 3. The molecule has 0 heterocycles. The van der Waals surface area contributed by atoms with Crippen molar-refractivity contribution < 1.29 is 18.0 Å². The van der Waals surface area contributed by atoms with Crippen LogP contribution in [0.1, 0.15) is 12.5 Å². The van der Waals surface area contributed by atoms with E-state index in [-0.39, 0.29) is 23.2 Å². The van der Waals surface area contributed by atoms with Gasteiger partial charge in [-0.1, -0.05) is 12.1 Å². The second-order valence-electron chi connectivity index (χ2n) is 4.68. The SMILES string of the molecule is C[C@H](Sc1cc(F)ccc1F)C(=O)NCc1ccc(F)cc1. The van der Waals surface area contributed by atoms with E-state index in [1.54, 1.807) is 19.1 Å². The molecule has 0 unspecified atom stereocenters. The van der Waals surface area contributed by atoms with Gasteiger partial charge < -0.3 is 5.32 Å². The molecule has 6 heteroatoms. The summed E-state index contributed by atoms with van der Waals surface area (Å²) in [5, 5.41) is 2.09. The van der Waals surface area contributed by atoms with Crippen molar-refractivity contribution in [2.24, 2.45) is 0 Å². The molecule has 0 fully saturated rings. The number of carbonyl (C=O) groups excluding carboxylic acids is 1. The van der Waals surface area contributed by atoms with Gasteiger partial charge in [-0.3, -0.25) is 4.79 Å². The van der Waals surface area contributed by atoms with E-state index in [1.807, 2.05) is 0 Å². The maximum atomic E-state index is 13.5. The standard InChI is InChI=1S/C16H14F3NOS/c1-10(22-15-8-13(18)6-7-14(15)19)16(21)20-9-11-2-4-12(17)5-3-11/h2-8,10H,9H2,1H3,(H,20,21)/t10-/m0/s1. The number of hydrogen-bond donors (Lipinski definition) is 1. The van der Waals surface area contributed by atoms with Crippen molar-refractivity contribution in [2.75, 3.05) is 0 Å². The normalized spacial score (nSPS) is 12.0. The number of amides is 1. The molecule has 1 amide bonds. The van der Waals surface area contributed by atoms with Crippen molar-refractivity contribution in [3.63, 3.8) is 0 Å². The molecule has 0 saturated heterocycles. The molecular formula is C16H14F3NOS. The Balaban J connectivity index is 1.91. The summed E-state index contributed by atoms with van der Waals surface area (Å²) in [4.78, 5) is 12.0. The smallest absolute Gasteiger partial charge is 0.233 e. The molecule has 0 aliphatic heterocycles. The van der Waals surface area contributed by atoms with Crippen molar-refractivity contribution in [3.8, 4) is 0 Å². The van der Waals surface area contributed by atoms with Gasteiger partial charge in [0.25, 0.3) is 0 Å². The fourth-order valence-electron chi connectivity index (χ4n) is 1.75. The topological polar surface area (TPSA) is 29.1 Å². The van der Waals surface area contributed by atoms with Gasteiger partial charge in [-0.25, -0.2) is 13.2 Å². The number of hydrogen-bond acceptors (Lipinski definition) is 2. The molecule has 0 aliphatic rings. The van der Waals surface area contributed by atoms with Crippen LogP contribution in [0.4, 0.5) is 13.2 Å². The van der Waals surface area contributed by atoms with Gasteiger partial charge in [-0.2, -0.15) is 0 Å². The lowest BCUT2D eigenvalue weighted by molar-refractivity contribution is -0.120. The highest BCUT2D eigenvalue weighted by molar-refractivity contribution is 8.00. The Morgan fingerprint density at radius 2 is 1.73 bits per heavy atom. The average Bonchev–Trinajstić information content (AvgIpc) is 2.50. The van der Waals surface area contributed by atoms with Crippen LogP contribution >= 0.6 is 11.8 Å². The maximum absolute atomic E-state index is 13.5. The first-order chi connectivity index (χ1) is 10.5. The molecule has 0 aromatic heterocycles. The van der Waals surface area contributed by atoms with Crippen LogP contribution in [0.25, 0.3) is 0 Å². The van der Waals surface area contributed by atoms with E-state index in [4.69, 9.17) is 0 Å². The van der Waals surface area contributed by atoms with Gasteiger partial charge >= 0.3 is 0 Å². The lowest BCUT2D eigenvalue weighted by atomic mass is 10.2. The summed E-state index contributed by atoms with van der Waals surface area (Å²) in [7, 11) is 0. The van der Waals surface area contributed by atoms with Crippen LogP contribution in [0.2, 0.25) is 0 Å². The predicted octanol–water partition coefficient (Wildman–Crippen LogP) is 3.90. The lowest BCUT2D eigenvalue weighted by Crippen LogP contribution is -2.30. The van der Waals surface area contributed by atoms with Gasteiger partial charge in [-0.15, -0.1) is 11.8 Å². The molecule has 0 radical (unpaired) electrons. The van der Waals surface area contributed by atoms with Gasteiger partial charge in [-0.05, 0) is 42.8 Å². The zero-order chi connectivity index (χ0) is 16.1. The minimum Gasteiger partial charge on any atom is -0.351 e. The lowest BCUT2D eigenvalue weighted by Gasteiger charge is -2.12. The van der Waals surface area contributed by atoms with Gasteiger partial charge in [0.1, 0.15) is 17.5 Å². The Kier molecular flexibility index (Phi) is 5.49. The largest absolute Gasteiger partial charge is 0.351 e. The first kappa shape index (κ1) is 16.4. The average molecular weight is 325 g/mol. The Bertz CT molecular complexity index is 661. The monoisotopic (exact) mass is 325 g/mol. The third kappa shape index (κ3) is 4.53. The Hall–Kier alpha value is -1.95. The van der Waals surface area contributed by atoms with Crippen molar-refractivity contribution in [3.05, 3.63) is 65.5 Å². The Morgan fingerprint density at radius 1 is 1.09 bits per heavy atom. The number of benzene rings is 2. The molecule has 1 atom stereocenters. The number of nitrogens with one attached hydrogen (secondary N) is 1. The predicted molar refractivity (Wildman–Crippen MR) is 79.9 cm³/mol. The minimum atomic E-state index is -0.586. The molecular weight excluding hydrogens is 311 g/mol. The summed E-state index contributed by atoms with van der Waals surface area (Å²) in [6.07, 6.45) is 0. The molecule has 2 aromatic rings. The van der Waals surface area contributed by atoms with Crippen LogP contribution in [-0.4, -0.2) is 11.2 Å². The van der Waals surface area contributed by atoms with Gasteiger partial charge in [0.15, 0.2) is 0 Å². The zero-order valence-electron chi connectivity index (χ0n) is 11.8. The van der Waals surface area contributed by atoms with Gasteiger partial charge in [0.05, 0.1) is 5.25 Å². The molecule has 2 nitrogen and oxygen atoms in total. The first-order valence-corrected chi connectivity index (χ1v) is 7.47. The van der Waals surface area contributed by atoms with Crippen molar-refractivity contribution in [1.82, 2.24) is 5.32 Å². The number of thioether (sulfide) groups is 1. The summed E-state index contributed by atoms with van der Waals surface area (Å²) in [6.45, 7) is 1.85. The Labute approximate surface area is 130 Å². The molecule has 0 spiro atoms. The molecule has 0 aliphatic carbocycles. The highest BCUT2D eigenvalue weighted by Gasteiger charge is 2.16. The van der Waals surface area contributed by atoms with Crippen LogP contribution < -0.4 is 5.32 Å². The fourth-order valence-corrected chi connectivity index (χ4v) is 2.68. The highest BCUT2D eigenvalue weighted by atomic mass is 32.2. The summed E-state index contributed by atoms with van der Waals surface area (Å²) in [5.41, 5.74) is 0.754. The van der Waals surface area contributed by atoms with Crippen molar-refractivity contribution in [2.45, 2.75) is 23.6 Å². The van der Waals surface area contributed by atoms with E-state index < -0.39 is 16.9 Å². The molecule has 22 heavy (non-hydrogen) atoms. The van der Waals surface area contributed by atoms with Crippen LogP contribution in [0.15, 0.2) is 47.4 Å². The van der Waals surface area contributed by atoms with E-state index in [1.165, 1.54) is 12.1 Å². The molecule has 2 rings (SSSR count). The zero-order valence-corrected chi connectivity index (χ0v) is 12.6. The summed E-state index contributed by atoms with van der Waals surface area (Å²) in [5.74, 6) is -1.77. The second-order valence-corrected chi connectivity index (χ2v) is 6.06. The molecule has 0 bridgehead atoms. The fraction of sp³-hybridized carbons (Fsp3) is 0.188. The van der Waals surface area contributed by atoms with Gasteiger partial charge in [0.2, 0.25) is 5.91 Å².